The third-order valence-corrected chi connectivity index (χ3v) is 5.04. The first kappa shape index (κ1) is 15.5. The molecule has 1 saturated heterocycles. The molecule has 1 unspecified atom stereocenters. The lowest BCUT2D eigenvalue weighted by atomic mass is 9.94. The standard InChI is InChI=1S/C19H20INO/c20-18-11-9-16(10-12-18)19(22)21-13-5-4-8-17(14-21)15-6-2-1-3-7-15/h1-3,6-7,9-12,17H,4-5,8,13-14H2. The molecule has 1 aliphatic heterocycles. The second-order valence-corrected chi connectivity index (χ2v) is 7.11. The average molecular weight is 405 g/mol. The number of benzene rings is 2. The monoisotopic (exact) mass is 405 g/mol. The number of carbonyl (C=O) groups is 1. The van der Waals surface area contributed by atoms with Crippen LogP contribution in [0.15, 0.2) is 54.6 Å². The summed E-state index contributed by atoms with van der Waals surface area (Å²) >= 11 is 2.27. The predicted octanol–water partition coefficient (Wildman–Crippen LogP) is 4.70. The molecule has 0 radical (unpaired) electrons. The molecule has 2 aromatic carbocycles. The SMILES string of the molecule is O=C(c1ccc(I)cc1)N1CCCCC(c2ccccc2)C1. The minimum atomic E-state index is 0.166. The van der Waals surface area contributed by atoms with E-state index in [-0.39, 0.29) is 5.91 Å². The molecule has 0 N–H and O–H groups in total. The molecule has 0 saturated carbocycles. The molecule has 1 fully saturated rings. The molecule has 2 aromatic rings. The largest absolute Gasteiger partial charge is 0.338 e. The Morgan fingerprint density at radius 1 is 1.00 bits per heavy atom. The molecule has 2 nitrogen and oxygen atoms in total. The molecule has 0 bridgehead atoms. The van der Waals surface area contributed by atoms with Crippen LogP contribution >= 0.6 is 22.6 Å². The van der Waals surface area contributed by atoms with Crippen LogP contribution in [-0.2, 0) is 0 Å². The van der Waals surface area contributed by atoms with Gasteiger partial charge in [0.2, 0.25) is 0 Å². The Balaban J connectivity index is 1.78. The van der Waals surface area contributed by atoms with Crippen LogP contribution in [0.2, 0.25) is 0 Å². The van der Waals surface area contributed by atoms with Gasteiger partial charge in [0.1, 0.15) is 0 Å². The number of amides is 1. The van der Waals surface area contributed by atoms with Gasteiger partial charge in [0, 0.05) is 28.1 Å². The van der Waals surface area contributed by atoms with Crippen LogP contribution in [0.25, 0.3) is 0 Å². The van der Waals surface area contributed by atoms with Crippen molar-refractivity contribution < 1.29 is 4.79 Å². The van der Waals surface area contributed by atoms with E-state index < -0.39 is 0 Å². The Labute approximate surface area is 145 Å². The Kier molecular flexibility index (Phi) is 5.13. The van der Waals surface area contributed by atoms with E-state index in [1.807, 2.05) is 29.2 Å². The highest BCUT2D eigenvalue weighted by Crippen LogP contribution is 2.27. The molecule has 1 amide bonds. The van der Waals surface area contributed by atoms with Gasteiger partial charge in [-0.05, 0) is 65.3 Å². The quantitative estimate of drug-likeness (QED) is 0.664. The summed E-state index contributed by atoms with van der Waals surface area (Å²) in [7, 11) is 0. The van der Waals surface area contributed by atoms with Crippen molar-refractivity contribution in [1.29, 1.82) is 0 Å². The number of rotatable bonds is 2. The van der Waals surface area contributed by atoms with E-state index in [0.717, 1.165) is 28.6 Å². The molecule has 0 aromatic heterocycles. The highest BCUT2D eigenvalue weighted by atomic mass is 127. The Bertz CT molecular complexity index is 624. The first-order valence-electron chi connectivity index (χ1n) is 7.84. The van der Waals surface area contributed by atoms with Crippen LogP contribution in [0.3, 0.4) is 0 Å². The van der Waals surface area contributed by atoms with Crippen LogP contribution in [0.1, 0.15) is 41.1 Å². The summed E-state index contributed by atoms with van der Waals surface area (Å²) in [5.74, 6) is 0.621. The molecule has 1 atom stereocenters. The van der Waals surface area contributed by atoms with E-state index in [1.165, 1.54) is 18.4 Å². The molecular formula is C19H20INO. The van der Waals surface area contributed by atoms with Crippen LogP contribution in [0.5, 0.6) is 0 Å². The summed E-state index contributed by atoms with van der Waals surface area (Å²) in [6.07, 6.45) is 3.45. The zero-order chi connectivity index (χ0) is 15.4. The van der Waals surface area contributed by atoms with Crippen molar-refractivity contribution in [3.8, 4) is 0 Å². The number of likely N-dealkylation sites (tertiary alicyclic amines) is 1. The summed E-state index contributed by atoms with van der Waals surface area (Å²) in [6.45, 7) is 1.70. The minimum absolute atomic E-state index is 0.166. The summed E-state index contributed by atoms with van der Waals surface area (Å²) in [6, 6.07) is 18.5. The van der Waals surface area contributed by atoms with Gasteiger partial charge in [0.25, 0.3) is 5.91 Å². The fourth-order valence-corrected chi connectivity index (χ4v) is 3.46. The molecule has 0 aliphatic carbocycles. The third-order valence-electron chi connectivity index (χ3n) is 4.32. The Morgan fingerprint density at radius 3 is 2.45 bits per heavy atom. The van der Waals surface area contributed by atoms with E-state index in [4.69, 9.17) is 0 Å². The first-order valence-corrected chi connectivity index (χ1v) is 8.92. The molecule has 22 heavy (non-hydrogen) atoms. The highest BCUT2D eigenvalue weighted by Gasteiger charge is 2.23. The lowest BCUT2D eigenvalue weighted by Gasteiger charge is -2.25. The van der Waals surface area contributed by atoms with E-state index in [0.29, 0.717) is 5.92 Å². The summed E-state index contributed by atoms with van der Waals surface area (Å²) < 4.78 is 1.16. The molecule has 3 heteroatoms. The number of halogens is 1. The van der Waals surface area contributed by atoms with Gasteiger partial charge in [-0.2, -0.15) is 0 Å². The van der Waals surface area contributed by atoms with Crippen molar-refractivity contribution in [2.24, 2.45) is 0 Å². The molecule has 3 rings (SSSR count). The van der Waals surface area contributed by atoms with E-state index in [2.05, 4.69) is 52.9 Å². The normalized spacial score (nSPS) is 18.8. The number of carbonyl (C=O) groups excluding carboxylic acids is 1. The van der Waals surface area contributed by atoms with Crippen LogP contribution in [-0.4, -0.2) is 23.9 Å². The Hall–Kier alpha value is -1.36. The van der Waals surface area contributed by atoms with Gasteiger partial charge >= 0.3 is 0 Å². The zero-order valence-corrected chi connectivity index (χ0v) is 14.7. The number of hydrogen-bond donors (Lipinski definition) is 0. The van der Waals surface area contributed by atoms with Gasteiger partial charge in [-0.1, -0.05) is 36.8 Å². The van der Waals surface area contributed by atoms with E-state index in [1.54, 1.807) is 0 Å². The first-order chi connectivity index (χ1) is 10.7. The van der Waals surface area contributed by atoms with Gasteiger partial charge in [0.05, 0.1) is 0 Å². The van der Waals surface area contributed by atoms with Crippen molar-refractivity contribution in [2.75, 3.05) is 13.1 Å². The van der Waals surface area contributed by atoms with Crippen LogP contribution < -0.4 is 0 Å². The second kappa shape index (κ2) is 7.27. The third kappa shape index (κ3) is 3.69. The van der Waals surface area contributed by atoms with Gasteiger partial charge in [-0.3, -0.25) is 4.79 Å². The number of hydrogen-bond acceptors (Lipinski definition) is 1. The summed E-state index contributed by atoms with van der Waals surface area (Å²) in [5.41, 5.74) is 2.15. The fourth-order valence-electron chi connectivity index (χ4n) is 3.10. The molecule has 0 spiro atoms. The lowest BCUT2D eigenvalue weighted by molar-refractivity contribution is 0.0754. The van der Waals surface area contributed by atoms with E-state index in [9.17, 15) is 4.79 Å². The summed E-state index contributed by atoms with van der Waals surface area (Å²) in [4.78, 5) is 14.8. The van der Waals surface area contributed by atoms with Crippen molar-refractivity contribution in [3.63, 3.8) is 0 Å². The fraction of sp³-hybridized carbons (Fsp3) is 0.316. The molecule has 114 valence electrons. The van der Waals surface area contributed by atoms with Crippen LogP contribution in [0, 0.1) is 3.57 Å². The predicted molar refractivity (Wildman–Crippen MR) is 98.1 cm³/mol. The maximum atomic E-state index is 12.8. The van der Waals surface area contributed by atoms with Crippen molar-refractivity contribution in [3.05, 3.63) is 69.3 Å². The smallest absolute Gasteiger partial charge is 0.253 e. The Morgan fingerprint density at radius 2 is 1.73 bits per heavy atom. The van der Waals surface area contributed by atoms with E-state index >= 15 is 0 Å². The van der Waals surface area contributed by atoms with Crippen molar-refractivity contribution >= 4 is 28.5 Å². The van der Waals surface area contributed by atoms with Gasteiger partial charge in [0.15, 0.2) is 0 Å². The minimum Gasteiger partial charge on any atom is -0.338 e. The molecule has 1 aliphatic rings. The zero-order valence-electron chi connectivity index (χ0n) is 12.5. The highest BCUT2D eigenvalue weighted by molar-refractivity contribution is 14.1. The average Bonchev–Trinajstić information content (AvgIpc) is 2.82. The maximum Gasteiger partial charge on any atom is 0.253 e. The van der Waals surface area contributed by atoms with Crippen molar-refractivity contribution in [1.82, 2.24) is 4.90 Å². The maximum absolute atomic E-state index is 12.8. The van der Waals surface area contributed by atoms with Gasteiger partial charge < -0.3 is 4.90 Å². The topological polar surface area (TPSA) is 20.3 Å². The molecule has 1 heterocycles. The second-order valence-electron chi connectivity index (χ2n) is 5.86. The lowest BCUT2D eigenvalue weighted by Crippen LogP contribution is -2.34. The molecular weight excluding hydrogens is 385 g/mol. The van der Waals surface area contributed by atoms with Crippen LogP contribution in [0.4, 0.5) is 0 Å². The van der Waals surface area contributed by atoms with Crippen molar-refractivity contribution in [2.45, 2.75) is 25.2 Å². The summed E-state index contributed by atoms with van der Waals surface area (Å²) in [5, 5.41) is 0. The van der Waals surface area contributed by atoms with Gasteiger partial charge in [-0.25, -0.2) is 0 Å². The number of nitrogens with zero attached hydrogens (tertiary/aromatic N) is 1. The van der Waals surface area contributed by atoms with Gasteiger partial charge in [-0.15, -0.1) is 0 Å².